The molecular formula is C13H11F2NO3. The molecule has 0 saturated carbocycles. The topological polar surface area (TPSA) is 66.4 Å². The summed E-state index contributed by atoms with van der Waals surface area (Å²) in [5.41, 5.74) is -0.952. The number of amides is 1. The average molecular weight is 267 g/mol. The van der Waals surface area contributed by atoms with Crippen molar-refractivity contribution in [2.45, 2.75) is 13.3 Å². The van der Waals surface area contributed by atoms with Crippen LogP contribution in [0.25, 0.3) is 0 Å². The van der Waals surface area contributed by atoms with E-state index in [1.165, 1.54) is 6.92 Å². The normalized spacial score (nSPS) is 9.42. The van der Waals surface area contributed by atoms with Crippen LogP contribution in [0.1, 0.15) is 29.3 Å². The van der Waals surface area contributed by atoms with Gasteiger partial charge in [-0.05, 0) is 12.1 Å². The van der Waals surface area contributed by atoms with Gasteiger partial charge in [-0.1, -0.05) is 11.8 Å². The summed E-state index contributed by atoms with van der Waals surface area (Å²) in [6.07, 6.45) is 0.279. The highest BCUT2D eigenvalue weighted by Gasteiger charge is 2.13. The fourth-order valence-electron chi connectivity index (χ4n) is 1.27. The molecule has 0 aromatic heterocycles. The van der Waals surface area contributed by atoms with Crippen molar-refractivity contribution in [1.29, 1.82) is 0 Å². The lowest BCUT2D eigenvalue weighted by atomic mass is 10.1. The third-order valence-corrected chi connectivity index (χ3v) is 2.13. The van der Waals surface area contributed by atoms with Gasteiger partial charge in [0.05, 0.1) is 11.1 Å². The summed E-state index contributed by atoms with van der Waals surface area (Å²) in [7, 11) is 0. The summed E-state index contributed by atoms with van der Waals surface area (Å²) in [5, 5.41) is 11.1. The van der Waals surface area contributed by atoms with Crippen LogP contribution >= 0.6 is 0 Å². The molecule has 1 aromatic carbocycles. The predicted octanol–water partition coefficient (Wildman–Crippen LogP) is 1.54. The van der Waals surface area contributed by atoms with Crippen LogP contribution in [0.5, 0.6) is 0 Å². The van der Waals surface area contributed by atoms with E-state index in [2.05, 4.69) is 17.2 Å². The van der Waals surface area contributed by atoms with Crippen molar-refractivity contribution in [3.63, 3.8) is 0 Å². The van der Waals surface area contributed by atoms with Gasteiger partial charge in [0.2, 0.25) is 5.91 Å². The van der Waals surface area contributed by atoms with Crippen LogP contribution in [0, 0.1) is 23.5 Å². The summed E-state index contributed by atoms with van der Waals surface area (Å²) < 4.78 is 26.7. The molecule has 19 heavy (non-hydrogen) atoms. The van der Waals surface area contributed by atoms with Gasteiger partial charge < -0.3 is 10.4 Å². The summed E-state index contributed by atoms with van der Waals surface area (Å²) in [5.74, 6) is 1.26. The Morgan fingerprint density at radius 1 is 1.32 bits per heavy atom. The molecule has 1 rings (SSSR count). The van der Waals surface area contributed by atoms with Crippen molar-refractivity contribution in [1.82, 2.24) is 5.32 Å². The number of carbonyl (C=O) groups is 2. The zero-order valence-corrected chi connectivity index (χ0v) is 10.1. The number of hydrogen-bond donors (Lipinski definition) is 2. The first-order valence-corrected chi connectivity index (χ1v) is 5.37. The number of carboxylic acid groups (broad SMARTS) is 1. The number of carboxylic acids is 1. The number of benzene rings is 1. The van der Waals surface area contributed by atoms with Crippen LogP contribution in [0.15, 0.2) is 12.1 Å². The van der Waals surface area contributed by atoms with E-state index in [1.807, 2.05) is 0 Å². The smallest absolute Gasteiger partial charge is 0.338 e. The third-order valence-electron chi connectivity index (χ3n) is 2.13. The van der Waals surface area contributed by atoms with Crippen molar-refractivity contribution in [2.75, 3.05) is 6.54 Å². The Kier molecular flexibility index (Phi) is 5.01. The summed E-state index contributed by atoms with van der Waals surface area (Å²) in [6, 6.07) is 1.33. The van der Waals surface area contributed by atoms with Crippen molar-refractivity contribution >= 4 is 11.9 Å². The zero-order chi connectivity index (χ0) is 14.4. The van der Waals surface area contributed by atoms with Gasteiger partial charge >= 0.3 is 5.97 Å². The maximum Gasteiger partial charge on any atom is 0.338 e. The molecule has 1 amide bonds. The molecule has 2 N–H and O–H groups in total. The lowest BCUT2D eigenvalue weighted by Gasteiger charge is -2.00. The van der Waals surface area contributed by atoms with Crippen LogP contribution in [0.2, 0.25) is 0 Å². The quantitative estimate of drug-likeness (QED) is 0.645. The Morgan fingerprint density at radius 3 is 2.58 bits per heavy atom. The Labute approximate surface area is 108 Å². The van der Waals surface area contributed by atoms with Crippen LogP contribution < -0.4 is 5.32 Å². The van der Waals surface area contributed by atoms with Gasteiger partial charge in [0.15, 0.2) is 0 Å². The average Bonchev–Trinajstić information content (AvgIpc) is 2.31. The maximum atomic E-state index is 13.4. The Balaban J connectivity index is 2.80. The van der Waals surface area contributed by atoms with Gasteiger partial charge in [-0.25, -0.2) is 13.6 Å². The number of carbonyl (C=O) groups excluding carboxylic acids is 1. The molecular weight excluding hydrogens is 256 g/mol. The Bertz CT molecular complexity index is 573. The summed E-state index contributed by atoms with van der Waals surface area (Å²) in [4.78, 5) is 21.1. The fourth-order valence-corrected chi connectivity index (χ4v) is 1.27. The fraction of sp³-hybridized carbons (Fsp3) is 0.231. The number of aromatic carboxylic acids is 1. The van der Waals surface area contributed by atoms with E-state index in [-0.39, 0.29) is 17.9 Å². The largest absolute Gasteiger partial charge is 0.478 e. The van der Waals surface area contributed by atoms with Crippen LogP contribution in [-0.4, -0.2) is 23.5 Å². The van der Waals surface area contributed by atoms with Gasteiger partial charge in [-0.2, -0.15) is 0 Å². The highest BCUT2D eigenvalue weighted by atomic mass is 19.1. The first kappa shape index (κ1) is 14.6. The minimum Gasteiger partial charge on any atom is -0.478 e. The van der Waals surface area contributed by atoms with Crippen molar-refractivity contribution < 1.29 is 23.5 Å². The van der Waals surface area contributed by atoms with E-state index in [1.54, 1.807) is 0 Å². The van der Waals surface area contributed by atoms with Crippen molar-refractivity contribution in [2.24, 2.45) is 0 Å². The summed E-state index contributed by atoms with van der Waals surface area (Å²) in [6.45, 7) is 1.66. The van der Waals surface area contributed by atoms with Gasteiger partial charge in [-0.3, -0.25) is 4.79 Å². The highest BCUT2D eigenvalue weighted by molar-refractivity contribution is 5.88. The Morgan fingerprint density at radius 2 is 2.00 bits per heavy atom. The maximum absolute atomic E-state index is 13.4. The van der Waals surface area contributed by atoms with Crippen LogP contribution in [-0.2, 0) is 4.79 Å². The zero-order valence-electron chi connectivity index (χ0n) is 10.1. The lowest BCUT2D eigenvalue weighted by Crippen LogP contribution is -2.20. The molecule has 0 atom stereocenters. The molecule has 0 saturated heterocycles. The van der Waals surface area contributed by atoms with E-state index in [0.29, 0.717) is 12.6 Å². The van der Waals surface area contributed by atoms with Gasteiger partial charge in [0, 0.05) is 19.9 Å². The second kappa shape index (κ2) is 6.50. The molecule has 0 aliphatic heterocycles. The molecule has 0 spiro atoms. The second-order valence-corrected chi connectivity index (χ2v) is 3.65. The van der Waals surface area contributed by atoms with E-state index in [9.17, 15) is 18.4 Å². The standard InChI is InChI=1S/C13H11F2NO3/c1-8(17)16-5-3-2-4-9-6-12(15)10(13(18)19)7-11(9)14/h6-7H,3,5H2,1H3,(H,16,17)(H,18,19). The van der Waals surface area contributed by atoms with Crippen molar-refractivity contribution in [3.05, 3.63) is 34.9 Å². The van der Waals surface area contributed by atoms with Gasteiger partial charge in [0.25, 0.3) is 0 Å². The third kappa shape index (κ3) is 4.39. The monoisotopic (exact) mass is 267 g/mol. The van der Waals surface area contributed by atoms with Gasteiger partial charge in [0.1, 0.15) is 11.6 Å². The number of rotatable bonds is 3. The molecule has 4 nitrogen and oxygen atoms in total. The van der Waals surface area contributed by atoms with Crippen LogP contribution in [0.4, 0.5) is 8.78 Å². The molecule has 6 heteroatoms. The van der Waals surface area contributed by atoms with E-state index >= 15 is 0 Å². The summed E-state index contributed by atoms with van der Waals surface area (Å²) >= 11 is 0. The molecule has 100 valence electrons. The highest BCUT2D eigenvalue weighted by Crippen LogP contribution is 2.14. The molecule has 0 radical (unpaired) electrons. The van der Waals surface area contributed by atoms with E-state index in [0.717, 1.165) is 6.07 Å². The second-order valence-electron chi connectivity index (χ2n) is 3.65. The van der Waals surface area contributed by atoms with Crippen molar-refractivity contribution in [3.8, 4) is 11.8 Å². The predicted molar refractivity (Wildman–Crippen MR) is 63.5 cm³/mol. The molecule has 0 heterocycles. The molecule has 0 unspecified atom stereocenters. The first-order valence-electron chi connectivity index (χ1n) is 5.37. The number of halogens is 2. The number of hydrogen-bond acceptors (Lipinski definition) is 2. The molecule has 0 fully saturated rings. The SMILES string of the molecule is CC(=O)NCCC#Cc1cc(F)c(C(=O)O)cc1F. The van der Waals surface area contributed by atoms with Crippen LogP contribution in [0.3, 0.4) is 0 Å². The molecule has 1 aromatic rings. The lowest BCUT2D eigenvalue weighted by molar-refractivity contribution is -0.118. The minimum atomic E-state index is -1.54. The number of nitrogens with one attached hydrogen (secondary N) is 1. The van der Waals surface area contributed by atoms with Gasteiger partial charge in [-0.15, -0.1) is 0 Å². The first-order chi connectivity index (χ1) is 8.91. The van der Waals surface area contributed by atoms with E-state index in [4.69, 9.17) is 5.11 Å². The Hall–Kier alpha value is -2.42. The molecule has 0 bridgehead atoms. The van der Waals surface area contributed by atoms with E-state index < -0.39 is 23.2 Å². The molecule has 0 aliphatic rings. The molecule has 0 aliphatic carbocycles. The minimum absolute atomic E-state index is 0.204.